The minimum Gasteiger partial charge on any atom is -0.462 e. The first-order valence-corrected chi connectivity index (χ1v) is 7.97. The number of ether oxygens (including phenoxy) is 1. The normalized spacial score (nSPS) is 14.4. The molecule has 1 aliphatic carbocycles. The highest BCUT2D eigenvalue weighted by Gasteiger charge is 2.19. The van der Waals surface area contributed by atoms with Gasteiger partial charge in [0.2, 0.25) is 0 Å². The summed E-state index contributed by atoms with van der Waals surface area (Å²) in [6.07, 6.45) is 3.71. The second-order valence-corrected chi connectivity index (χ2v) is 5.80. The number of aromatic amines is 3. The summed E-state index contributed by atoms with van der Waals surface area (Å²) in [5, 5.41) is 7.71. The van der Waals surface area contributed by atoms with Gasteiger partial charge in [0.1, 0.15) is 0 Å². The molecule has 0 aliphatic heterocycles. The van der Waals surface area contributed by atoms with E-state index in [-0.39, 0.29) is 5.56 Å². The second-order valence-electron chi connectivity index (χ2n) is 5.80. The molecule has 1 saturated carbocycles. The topological polar surface area (TPSA) is 90.7 Å². The summed E-state index contributed by atoms with van der Waals surface area (Å²) in [6, 6.07) is 7.53. The standard InChI is InChI=1S/C18H17N3O3/c1-2-24-18(23)15-11-5-3-4-6-13(11)19-14(15)9-12-16(10-7-8-10)20-21-17(12)22/h3-6,9,19-20H,2,7-8H2,1H3,(H,21,22). The van der Waals surface area contributed by atoms with Crippen molar-refractivity contribution in [3.8, 4) is 0 Å². The van der Waals surface area contributed by atoms with Gasteiger partial charge in [0, 0.05) is 10.9 Å². The number of aromatic nitrogens is 3. The Labute approximate surface area is 136 Å². The van der Waals surface area contributed by atoms with E-state index in [9.17, 15) is 9.59 Å². The minimum absolute atomic E-state index is 0.196. The number of para-hydroxylation sites is 1. The van der Waals surface area contributed by atoms with Crippen molar-refractivity contribution in [2.24, 2.45) is 0 Å². The molecule has 2 heterocycles. The van der Waals surface area contributed by atoms with Crippen LogP contribution < -0.4 is 16.1 Å². The summed E-state index contributed by atoms with van der Waals surface area (Å²) in [5.74, 6) is -0.395. The Kier molecular flexibility index (Phi) is 3.37. The van der Waals surface area contributed by atoms with Crippen LogP contribution in [0.2, 0.25) is 0 Å². The van der Waals surface area contributed by atoms with Crippen molar-refractivity contribution in [1.82, 2.24) is 15.2 Å². The molecular weight excluding hydrogens is 306 g/mol. The van der Waals surface area contributed by atoms with Gasteiger partial charge < -0.3 is 9.72 Å². The third-order valence-corrected chi connectivity index (χ3v) is 4.17. The number of esters is 1. The predicted molar refractivity (Wildman–Crippen MR) is 91.1 cm³/mol. The van der Waals surface area contributed by atoms with Crippen LogP contribution in [0, 0.1) is 0 Å². The van der Waals surface area contributed by atoms with Gasteiger partial charge in [0.05, 0.1) is 28.4 Å². The number of hydrogen-bond acceptors (Lipinski definition) is 3. The van der Waals surface area contributed by atoms with Gasteiger partial charge in [-0.25, -0.2) is 4.79 Å². The van der Waals surface area contributed by atoms with Gasteiger partial charge in [0.25, 0.3) is 5.56 Å². The summed E-state index contributed by atoms with van der Waals surface area (Å²) >= 11 is 0. The third kappa shape index (κ3) is 2.36. The number of hydrogen-bond donors (Lipinski definition) is 3. The fourth-order valence-corrected chi connectivity index (χ4v) is 2.94. The van der Waals surface area contributed by atoms with Crippen LogP contribution in [0.15, 0.2) is 29.1 Å². The maximum Gasteiger partial charge on any atom is 0.340 e. The molecule has 3 aromatic rings. The van der Waals surface area contributed by atoms with Crippen molar-refractivity contribution >= 4 is 28.5 Å². The molecule has 6 nitrogen and oxygen atoms in total. The van der Waals surface area contributed by atoms with Crippen LogP contribution in [0.1, 0.15) is 35.8 Å². The first-order valence-electron chi connectivity index (χ1n) is 7.97. The molecule has 1 aliphatic rings. The number of benzene rings is 1. The molecule has 24 heavy (non-hydrogen) atoms. The van der Waals surface area contributed by atoms with Crippen LogP contribution in [-0.4, -0.2) is 27.8 Å². The lowest BCUT2D eigenvalue weighted by atomic mass is 10.1. The number of H-pyrrole nitrogens is 3. The number of nitrogens with one attached hydrogen (secondary N) is 3. The maximum atomic E-state index is 12.4. The molecule has 122 valence electrons. The largest absolute Gasteiger partial charge is 0.462 e. The summed E-state index contributed by atoms with van der Waals surface area (Å²) in [6.45, 7) is 2.07. The maximum absolute atomic E-state index is 12.4. The van der Waals surface area contributed by atoms with Crippen molar-refractivity contribution in [3.05, 3.63) is 56.4 Å². The summed E-state index contributed by atoms with van der Waals surface area (Å²) in [5.41, 5.74) is 2.90. The average Bonchev–Trinajstić information content (AvgIpc) is 3.25. The molecule has 4 rings (SSSR count). The lowest BCUT2D eigenvalue weighted by Crippen LogP contribution is -2.33. The van der Waals surface area contributed by atoms with Crippen molar-refractivity contribution in [2.75, 3.05) is 6.61 Å². The highest BCUT2D eigenvalue weighted by molar-refractivity contribution is 6.07. The fraction of sp³-hybridized carbons (Fsp3) is 0.222. The van der Waals surface area contributed by atoms with Crippen molar-refractivity contribution in [2.45, 2.75) is 19.8 Å². The van der Waals surface area contributed by atoms with Gasteiger partial charge in [-0.3, -0.25) is 15.0 Å². The molecule has 0 atom stereocenters. The van der Waals surface area contributed by atoms with E-state index in [4.69, 9.17) is 4.74 Å². The molecule has 0 bridgehead atoms. The molecule has 3 N–H and O–H groups in total. The Bertz CT molecular complexity index is 1110. The quantitative estimate of drug-likeness (QED) is 0.631. The van der Waals surface area contributed by atoms with Gasteiger partial charge in [-0.2, -0.15) is 0 Å². The number of rotatable bonds is 3. The molecule has 2 aromatic heterocycles. The monoisotopic (exact) mass is 323 g/mol. The van der Waals surface area contributed by atoms with Gasteiger partial charge in [-0.05, 0) is 37.5 Å². The summed E-state index contributed by atoms with van der Waals surface area (Å²) < 4.78 is 5.20. The Morgan fingerprint density at radius 3 is 2.79 bits per heavy atom. The van der Waals surface area contributed by atoms with Crippen LogP contribution in [0.5, 0.6) is 0 Å². The van der Waals surface area contributed by atoms with E-state index in [1.165, 1.54) is 5.57 Å². The zero-order valence-corrected chi connectivity index (χ0v) is 13.2. The van der Waals surface area contributed by atoms with Crippen LogP contribution in [0.3, 0.4) is 0 Å². The number of carbonyl (C=O) groups excluding carboxylic acids is 1. The lowest BCUT2D eigenvalue weighted by Gasteiger charge is -2.01. The molecular formula is C18H17N3O3. The highest BCUT2D eigenvalue weighted by atomic mass is 16.5. The van der Waals surface area contributed by atoms with E-state index < -0.39 is 5.97 Å². The molecule has 0 amide bonds. The van der Waals surface area contributed by atoms with E-state index >= 15 is 0 Å². The highest BCUT2D eigenvalue weighted by Crippen LogP contribution is 2.27. The van der Waals surface area contributed by atoms with Gasteiger partial charge in [-0.1, -0.05) is 18.2 Å². The number of carbonyl (C=O) groups is 1. The van der Waals surface area contributed by atoms with Crippen molar-refractivity contribution in [1.29, 1.82) is 0 Å². The minimum atomic E-state index is -0.395. The first-order chi connectivity index (χ1) is 11.7. The van der Waals surface area contributed by atoms with E-state index in [0.29, 0.717) is 23.1 Å². The van der Waals surface area contributed by atoms with E-state index in [1.54, 1.807) is 13.0 Å². The van der Waals surface area contributed by atoms with Crippen molar-refractivity contribution in [3.63, 3.8) is 0 Å². The predicted octanol–water partition coefficient (Wildman–Crippen LogP) is 1.13. The smallest absolute Gasteiger partial charge is 0.340 e. The fourth-order valence-electron chi connectivity index (χ4n) is 2.94. The molecule has 0 radical (unpaired) electrons. The Hall–Kier alpha value is -3.02. The molecule has 1 aromatic carbocycles. The van der Waals surface area contributed by atoms with Gasteiger partial charge >= 0.3 is 5.97 Å². The van der Waals surface area contributed by atoms with E-state index in [2.05, 4.69) is 15.2 Å². The number of fused-ring (bicyclic) bond motifs is 1. The molecule has 0 spiro atoms. The summed E-state index contributed by atoms with van der Waals surface area (Å²) in [4.78, 5) is 27.8. The summed E-state index contributed by atoms with van der Waals surface area (Å²) in [7, 11) is 0. The van der Waals surface area contributed by atoms with Crippen LogP contribution in [0.4, 0.5) is 0 Å². The molecule has 1 fully saturated rings. The lowest BCUT2D eigenvalue weighted by molar-refractivity contribution is 0.0528. The van der Waals surface area contributed by atoms with Gasteiger partial charge in [-0.15, -0.1) is 0 Å². The molecule has 6 heteroatoms. The third-order valence-electron chi connectivity index (χ3n) is 4.17. The Morgan fingerprint density at radius 1 is 1.25 bits per heavy atom. The molecule has 0 unspecified atom stereocenters. The van der Waals surface area contributed by atoms with Crippen LogP contribution in [0.25, 0.3) is 22.6 Å². The SMILES string of the molecule is CCOC(=O)c1c(C=c2c(=O)[nH][nH]c2=C2CC2)[nH]c2ccccc12. The van der Waals surface area contributed by atoms with Gasteiger partial charge in [0.15, 0.2) is 0 Å². The average molecular weight is 323 g/mol. The second kappa shape index (κ2) is 5.56. The van der Waals surface area contributed by atoms with E-state index in [0.717, 1.165) is 29.1 Å². The van der Waals surface area contributed by atoms with Crippen molar-refractivity contribution < 1.29 is 9.53 Å². The van der Waals surface area contributed by atoms with Crippen LogP contribution >= 0.6 is 0 Å². The van der Waals surface area contributed by atoms with Crippen LogP contribution in [-0.2, 0) is 4.74 Å². The Balaban J connectivity index is 2.02. The zero-order chi connectivity index (χ0) is 16.7. The Morgan fingerprint density at radius 2 is 2.04 bits per heavy atom. The van der Waals surface area contributed by atoms with E-state index in [1.807, 2.05) is 24.3 Å². The first kappa shape index (κ1) is 14.6. The molecule has 0 saturated heterocycles. The zero-order valence-electron chi connectivity index (χ0n) is 13.2.